The van der Waals surface area contributed by atoms with Crippen LogP contribution in [-0.4, -0.2) is 58.5 Å². The molecule has 1 atom stereocenters. The molecule has 5 rings (SSSR count). The minimum atomic E-state index is -3.34. The maximum absolute atomic E-state index is 12.6. The molecule has 0 spiro atoms. The van der Waals surface area contributed by atoms with Gasteiger partial charge in [0.15, 0.2) is 5.82 Å². The van der Waals surface area contributed by atoms with Crippen molar-refractivity contribution in [2.45, 2.75) is 118 Å². The summed E-state index contributed by atoms with van der Waals surface area (Å²) in [5, 5.41) is 9.40. The van der Waals surface area contributed by atoms with Gasteiger partial charge < -0.3 is 4.90 Å². The van der Waals surface area contributed by atoms with E-state index in [-0.39, 0.29) is 17.7 Å². The standard InChI is InChI=1S/C37H54N8O2S/c1-6-7-8-9-10-11-12-13-14-17-26-48(46,47)39-24-21-32-41-36-34(35(37(3,4)5)43-45(36)42-32)40-29-19-20-31-30(27-29)28(2)22-25-44(31)33-18-15-16-23-38-33/h15-16,18-20,23,27-28,39H,6-14,17,21-22,24-26H2,1-5H3. The van der Waals surface area contributed by atoms with Crippen LogP contribution in [0.2, 0.25) is 0 Å². The normalized spacial score (nSPS) is 17.1. The first-order valence-electron chi connectivity index (χ1n) is 18.0. The van der Waals surface area contributed by atoms with Gasteiger partial charge in [0.05, 0.1) is 17.2 Å². The van der Waals surface area contributed by atoms with E-state index < -0.39 is 10.0 Å². The van der Waals surface area contributed by atoms with E-state index in [4.69, 9.17) is 15.1 Å². The van der Waals surface area contributed by atoms with Gasteiger partial charge in [-0.15, -0.1) is 9.89 Å². The highest BCUT2D eigenvalue weighted by Crippen LogP contribution is 2.40. The Morgan fingerprint density at radius 3 is 2.40 bits per heavy atom. The number of aliphatic imine (C=N–C) groups is 1. The summed E-state index contributed by atoms with van der Waals surface area (Å²) in [4.78, 5) is 18.3. The Bertz CT molecular complexity index is 1670. The number of nitrogens with zero attached hydrogens (tertiary/aromatic N) is 7. The Morgan fingerprint density at radius 1 is 0.979 bits per heavy atom. The highest BCUT2D eigenvalue weighted by molar-refractivity contribution is 7.89. The van der Waals surface area contributed by atoms with E-state index in [0.717, 1.165) is 48.7 Å². The van der Waals surface area contributed by atoms with Crippen molar-refractivity contribution in [3.63, 3.8) is 0 Å². The molecule has 1 unspecified atom stereocenters. The van der Waals surface area contributed by atoms with Crippen LogP contribution in [0.15, 0.2) is 52.7 Å². The molecule has 1 N–H and O–H groups in total. The van der Waals surface area contributed by atoms with Crippen molar-refractivity contribution < 1.29 is 8.42 Å². The first-order chi connectivity index (χ1) is 23.1. The van der Waals surface area contributed by atoms with Gasteiger partial charge in [0.25, 0.3) is 0 Å². The van der Waals surface area contributed by atoms with Crippen LogP contribution in [0.3, 0.4) is 0 Å². The summed E-state index contributed by atoms with van der Waals surface area (Å²) in [6, 6.07) is 12.4. The number of hydrogen-bond donors (Lipinski definition) is 1. The fourth-order valence-corrected chi connectivity index (χ4v) is 7.57. The van der Waals surface area contributed by atoms with E-state index in [2.05, 4.69) is 66.5 Å². The number of hydrogen-bond acceptors (Lipinski definition) is 8. The van der Waals surface area contributed by atoms with Crippen LogP contribution in [0.5, 0.6) is 0 Å². The molecular formula is C37H54N8O2S. The summed E-state index contributed by atoms with van der Waals surface area (Å²) in [7, 11) is -3.34. The third-order valence-electron chi connectivity index (χ3n) is 9.20. The molecule has 0 amide bonds. The van der Waals surface area contributed by atoms with Crippen molar-refractivity contribution in [2.75, 3.05) is 23.7 Å². The fourth-order valence-electron chi connectivity index (χ4n) is 6.43. The van der Waals surface area contributed by atoms with E-state index in [1.807, 2.05) is 30.5 Å². The van der Waals surface area contributed by atoms with E-state index in [9.17, 15) is 8.42 Å². The zero-order chi connectivity index (χ0) is 34.1. The number of nitrogens with one attached hydrogen (secondary N) is 1. The lowest BCUT2D eigenvalue weighted by Crippen LogP contribution is -2.29. The molecule has 0 bridgehead atoms. The minimum Gasteiger partial charge on any atom is -0.326 e. The summed E-state index contributed by atoms with van der Waals surface area (Å²) in [6.45, 7) is 12.0. The second-order valence-corrected chi connectivity index (χ2v) is 16.2. The van der Waals surface area contributed by atoms with E-state index in [1.54, 1.807) is 4.79 Å². The minimum absolute atomic E-state index is 0.158. The van der Waals surface area contributed by atoms with Crippen LogP contribution in [0.4, 0.5) is 17.2 Å². The maximum atomic E-state index is 12.6. The molecule has 2 aliphatic rings. The van der Waals surface area contributed by atoms with E-state index in [1.165, 1.54) is 50.5 Å². The quantitative estimate of drug-likeness (QED) is 0.145. The molecule has 11 heteroatoms. The lowest BCUT2D eigenvalue weighted by Gasteiger charge is -2.34. The second kappa shape index (κ2) is 16.3. The third-order valence-corrected chi connectivity index (χ3v) is 10.7. The Hall–Kier alpha value is -3.44. The van der Waals surface area contributed by atoms with Gasteiger partial charge in [0.1, 0.15) is 11.5 Å². The molecule has 10 nitrogen and oxygen atoms in total. The molecule has 3 aromatic rings. The molecule has 260 valence electrons. The maximum Gasteiger partial charge on any atom is 0.211 e. The predicted octanol–water partition coefficient (Wildman–Crippen LogP) is 8.09. The molecule has 0 saturated carbocycles. The highest BCUT2D eigenvalue weighted by atomic mass is 32.2. The van der Waals surface area contributed by atoms with Crippen LogP contribution in [0.1, 0.15) is 128 Å². The molecule has 2 aromatic heterocycles. The number of fused-ring (bicyclic) bond motifs is 2. The summed E-state index contributed by atoms with van der Waals surface area (Å²) in [5.41, 5.74) is 4.49. The smallest absolute Gasteiger partial charge is 0.211 e. The van der Waals surface area contributed by atoms with Crippen molar-refractivity contribution in [1.82, 2.24) is 24.6 Å². The molecular weight excluding hydrogens is 621 g/mol. The molecule has 2 aliphatic heterocycles. The third kappa shape index (κ3) is 9.37. The number of unbranched alkanes of at least 4 members (excludes halogenated alkanes) is 9. The van der Waals surface area contributed by atoms with Gasteiger partial charge in [0.2, 0.25) is 15.8 Å². The molecule has 0 fully saturated rings. The molecule has 0 saturated heterocycles. The number of benzene rings is 1. The second-order valence-electron chi connectivity index (χ2n) is 14.3. The van der Waals surface area contributed by atoms with Crippen molar-refractivity contribution in [2.24, 2.45) is 15.5 Å². The molecule has 1 aromatic carbocycles. The predicted molar refractivity (Wildman–Crippen MR) is 197 cm³/mol. The van der Waals surface area contributed by atoms with Crippen molar-refractivity contribution in [3.05, 3.63) is 59.8 Å². The van der Waals surface area contributed by atoms with Gasteiger partial charge >= 0.3 is 0 Å². The Labute approximate surface area is 287 Å². The van der Waals surface area contributed by atoms with Gasteiger partial charge in [-0.05, 0) is 54.7 Å². The van der Waals surface area contributed by atoms with Crippen LogP contribution in [-0.2, 0) is 16.4 Å². The van der Waals surface area contributed by atoms with Gasteiger partial charge in [-0.3, -0.25) is 0 Å². The number of pyridine rings is 1. The lowest BCUT2D eigenvalue weighted by molar-refractivity contribution is 0.554. The molecule has 48 heavy (non-hydrogen) atoms. The molecule has 0 radical (unpaired) electrons. The highest BCUT2D eigenvalue weighted by Gasteiger charge is 2.35. The van der Waals surface area contributed by atoms with Crippen molar-refractivity contribution in [1.29, 1.82) is 0 Å². The number of rotatable bonds is 17. The average Bonchev–Trinajstić information content (AvgIpc) is 3.61. The zero-order valence-corrected chi connectivity index (χ0v) is 30.4. The van der Waals surface area contributed by atoms with Gasteiger partial charge in [-0.1, -0.05) is 98.5 Å². The fraction of sp³-hybridized carbons (Fsp3) is 0.595. The average molecular weight is 675 g/mol. The largest absolute Gasteiger partial charge is 0.326 e. The van der Waals surface area contributed by atoms with Crippen molar-refractivity contribution >= 4 is 38.6 Å². The first kappa shape index (κ1) is 35.9. The summed E-state index contributed by atoms with van der Waals surface area (Å²) in [5.74, 6) is 2.63. The Morgan fingerprint density at radius 2 is 1.71 bits per heavy atom. The van der Waals surface area contributed by atoms with Gasteiger partial charge in [0, 0.05) is 36.8 Å². The van der Waals surface area contributed by atoms with Crippen LogP contribution in [0, 0.1) is 5.41 Å². The number of sulfonamides is 1. The Kier molecular flexibility index (Phi) is 12.2. The van der Waals surface area contributed by atoms with E-state index in [0.29, 0.717) is 36.1 Å². The van der Waals surface area contributed by atoms with E-state index >= 15 is 0 Å². The van der Waals surface area contributed by atoms with Crippen LogP contribution in [0.25, 0.3) is 0 Å². The SMILES string of the molecule is CCCCCCCCCCCCS(=O)(=O)NCCc1nc2n(n1)N=C(C(C)(C)C)C2=Nc1ccc2c(c1)C(C)CCN2c1ccccn1. The summed E-state index contributed by atoms with van der Waals surface area (Å²) < 4.78 is 28.0. The summed E-state index contributed by atoms with van der Waals surface area (Å²) in [6.07, 6.45) is 15.0. The zero-order valence-electron chi connectivity index (χ0n) is 29.6. The molecule has 0 aliphatic carbocycles. The number of aromatic nitrogens is 4. The van der Waals surface area contributed by atoms with Gasteiger partial charge in [-0.25, -0.2) is 28.1 Å². The van der Waals surface area contributed by atoms with Crippen LogP contribution >= 0.6 is 0 Å². The monoisotopic (exact) mass is 674 g/mol. The first-order valence-corrected chi connectivity index (χ1v) is 19.7. The Balaban J connectivity index is 1.20. The summed E-state index contributed by atoms with van der Waals surface area (Å²) >= 11 is 0. The number of anilines is 2. The lowest BCUT2D eigenvalue weighted by atomic mass is 9.87. The molecule has 4 heterocycles. The topological polar surface area (TPSA) is 118 Å². The van der Waals surface area contributed by atoms with Gasteiger partial charge in [-0.2, -0.15) is 5.10 Å². The van der Waals surface area contributed by atoms with Crippen molar-refractivity contribution in [3.8, 4) is 0 Å². The van der Waals surface area contributed by atoms with Crippen LogP contribution < -0.4 is 9.62 Å².